The van der Waals surface area contributed by atoms with Gasteiger partial charge in [-0.2, -0.15) is 0 Å². The Labute approximate surface area is 102 Å². The first kappa shape index (κ1) is 12.0. The fraction of sp³-hybridized carbons (Fsp3) is 0.500. The Balaban J connectivity index is 2.38. The van der Waals surface area contributed by atoms with E-state index in [9.17, 15) is 0 Å². The minimum atomic E-state index is 0.356. The molecule has 0 N–H and O–H groups in total. The zero-order chi connectivity index (χ0) is 12.3. The third-order valence-electron chi connectivity index (χ3n) is 2.79. The van der Waals surface area contributed by atoms with Gasteiger partial charge >= 0.3 is 0 Å². The molecule has 0 spiro atoms. The average molecular weight is 233 g/mol. The van der Waals surface area contributed by atoms with E-state index in [0.29, 0.717) is 19.3 Å². The van der Waals surface area contributed by atoms with Crippen LogP contribution in [0.1, 0.15) is 31.9 Å². The molecule has 0 radical (unpaired) electrons. The fourth-order valence-corrected chi connectivity index (χ4v) is 2.03. The van der Waals surface area contributed by atoms with Gasteiger partial charge in [-0.3, -0.25) is 4.99 Å². The molecule has 1 atom stereocenters. The van der Waals surface area contributed by atoms with Gasteiger partial charge in [-0.25, -0.2) is 0 Å². The highest BCUT2D eigenvalue weighted by Gasteiger charge is 2.15. The Bertz CT molecular complexity index is 426. The highest BCUT2D eigenvalue weighted by molar-refractivity contribution is 5.84. The average Bonchev–Trinajstić information content (AvgIpc) is 2.31. The lowest BCUT2D eigenvalue weighted by molar-refractivity contribution is 0.287. The molecule has 0 aromatic heterocycles. The van der Waals surface area contributed by atoms with Crippen molar-refractivity contribution in [1.82, 2.24) is 0 Å². The largest absolute Gasteiger partial charge is 0.490 e. The number of ether oxygens (including phenoxy) is 2. The van der Waals surface area contributed by atoms with Crippen LogP contribution < -0.4 is 9.47 Å². The summed E-state index contributed by atoms with van der Waals surface area (Å²) in [4.78, 5) is 4.43. The third-order valence-corrected chi connectivity index (χ3v) is 2.79. The van der Waals surface area contributed by atoms with Gasteiger partial charge in [0.05, 0.1) is 19.3 Å². The normalized spacial score (nSPS) is 17.7. The Morgan fingerprint density at radius 1 is 1.18 bits per heavy atom. The monoisotopic (exact) mass is 233 g/mol. The molecule has 17 heavy (non-hydrogen) atoms. The van der Waals surface area contributed by atoms with Crippen LogP contribution in [0.4, 0.5) is 0 Å². The van der Waals surface area contributed by atoms with Crippen molar-refractivity contribution in [1.29, 1.82) is 0 Å². The van der Waals surface area contributed by atoms with Crippen molar-refractivity contribution in [3.05, 3.63) is 23.3 Å². The zero-order valence-electron chi connectivity index (χ0n) is 10.7. The van der Waals surface area contributed by atoms with E-state index in [-0.39, 0.29) is 0 Å². The standard InChI is InChI=1S/C14H19NO2/c1-4-16-13-7-11-6-10(3)15-9-12(11)8-14(13)17-5-2/h7-10H,4-6H2,1-3H3/t10-/m0/s1. The van der Waals surface area contributed by atoms with Crippen molar-refractivity contribution >= 4 is 6.21 Å². The maximum absolute atomic E-state index is 5.62. The highest BCUT2D eigenvalue weighted by Crippen LogP contribution is 2.32. The Hall–Kier alpha value is -1.51. The van der Waals surface area contributed by atoms with Gasteiger partial charge in [0.15, 0.2) is 11.5 Å². The van der Waals surface area contributed by atoms with Crippen LogP contribution in [-0.2, 0) is 6.42 Å². The number of nitrogens with zero attached hydrogens (tertiary/aromatic N) is 1. The van der Waals surface area contributed by atoms with Crippen molar-refractivity contribution < 1.29 is 9.47 Å². The number of hydrogen-bond acceptors (Lipinski definition) is 3. The predicted octanol–water partition coefficient (Wildman–Crippen LogP) is 2.85. The Morgan fingerprint density at radius 3 is 2.47 bits per heavy atom. The van der Waals surface area contributed by atoms with Crippen LogP contribution in [0.2, 0.25) is 0 Å². The van der Waals surface area contributed by atoms with E-state index in [0.717, 1.165) is 23.5 Å². The summed E-state index contributed by atoms with van der Waals surface area (Å²) < 4.78 is 11.2. The van der Waals surface area contributed by atoms with E-state index in [1.807, 2.05) is 26.1 Å². The number of benzene rings is 1. The summed E-state index contributed by atoms with van der Waals surface area (Å²) >= 11 is 0. The second-order valence-corrected chi connectivity index (χ2v) is 4.20. The van der Waals surface area contributed by atoms with E-state index in [4.69, 9.17) is 9.47 Å². The predicted molar refractivity (Wildman–Crippen MR) is 69.5 cm³/mol. The van der Waals surface area contributed by atoms with Crippen LogP contribution in [0.5, 0.6) is 11.5 Å². The first-order chi connectivity index (χ1) is 8.24. The molecule has 0 saturated heterocycles. The SMILES string of the molecule is CCOc1cc2c(cc1OCC)C[C@H](C)N=C2. The quantitative estimate of drug-likeness (QED) is 0.800. The molecule has 0 fully saturated rings. The zero-order valence-corrected chi connectivity index (χ0v) is 10.7. The van der Waals surface area contributed by atoms with Crippen LogP contribution in [-0.4, -0.2) is 25.5 Å². The number of rotatable bonds is 4. The molecule has 2 rings (SSSR count). The van der Waals surface area contributed by atoms with Gasteiger partial charge in [-0.05, 0) is 50.5 Å². The van der Waals surface area contributed by atoms with Crippen molar-refractivity contribution in [2.75, 3.05) is 13.2 Å². The van der Waals surface area contributed by atoms with Crippen molar-refractivity contribution in [2.45, 2.75) is 33.2 Å². The molecular weight excluding hydrogens is 214 g/mol. The molecule has 92 valence electrons. The minimum Gasteiger partial charge on any atom is -0.490 e. The van der Waals surface area contributed by atoms with E-state index in [1.54, 1.807) is 0 Å². The van der Waals surface area contributed by atoms with Gasteiger partial charge in [0.25, 0.3) is 0 Å². The molecule has 0 amide bonds. The smallest absolute Gasteiger partial charge is 0.161 e. The molecule has 0 bridgehead atoms. The molecule has 1 aliphatic heterocycles. The van der Waals surface area contributed by atoms with E-state index in [2.05, 4.69) is 18.0 Å². The molecule has 3 nitrogen and oxygen atoms in total. The summed E-state index contributed by atoms with van der Waals surface area (Å²) in [6.45, 7) is 7.38. The second-order valence-electron chi connectivity index (χ2n) is 4.20. The van der Waals surface area contributed by atoms with Gasteiger partial charge in [-0.15, -0.1) is 0 Å². The third kappa shape index (κ3) is 2.60. The van der Waals surface area contributed by atoms with Crippen LogP contribution in [0.15, 0.2) is 17.1 Å². The molecule has 1 aromatic rings. The van der Waals surface area contributed by atoms with Crippen molar-refractivity contribution in [2.24, 2.45) is 4.99 Å². The molecule has 0 saturated carbocycles. The lowest BCUT2D eigenvalue weighted by Gasteiger charge is -2.19. The molecule has 1 aromatic carbocycles. The summed E-state index contributed by atoms with van der Waals surface area (Å²) in [5.74, 6) is 1.66. The van der Waals surface area contributed by atoms with Gasteiger partial charge in [-0.1, -0.05) is 0 Å². The van der Waals surface area contributed by atoms with Gasteiger partial charge in [0.1, 0.15) is 0 Å². The van der Waals surface area contributed by atoms with Crippen molar-refractivity contribution in [3.63, 3.8) is 0 Å². The van der Waals surface area contributed by atoms with Gasteiger partial charge < -0.3 is 9.47 Å². The van der Waals surface area contributed by atoms with E-state index in [1.165, 1.54) is 5.56 Å². The highest BCUT2D eigenvalue weighted by atomic mass is 16.5. The molecule has 0 aliphatic carbocycles. The van der Waals surface area contributed by atoms with Crippen LogP contribution in [0.25, 0.3) is 0 Å². The van der Waals surface area contributed by atoms with Crippen LogP contribution in [0.3, 0.4) is 0 Å². The fourth-order valence-electron chi connectivity index (χ4n) is 2.03. The molecule has 1 heterocycles. The Morgan fingerprint density at radius 2 is 1.82 bits per heavy atom. The summed E-state index contributed by atoms with van der Waals surface area (Å²) in [7, 11) is 0. The van der Waals surface area contributed by atoms with Gasteiger partial charge in [0.2, 0.25) is 0 Å². The maximum atomic E-state index is 5.62. The Kier molecular flexibility index (Phi) is 3.67. The lowest BCUT2D eigenvalue weighted by atomic mass is 9.98. The second kappa shape index (κ2) is 5.21. The first-order valence-corrected chi connectivity index (χ1v) is 6.20. The van der Waals surface area contributed by atoms with Gasteiger partial charge in [0, 0.05) is 6.21 Å². The minimum absolute atomic E-state index is 0.356. The molecule has 3 heteroatoms. The topological polar surface area (TPSA) is 30.8 Å². The number of fused-ring (bicyclic) bond motifs is 1. The molecule has 0 unspecified atom stereocenters. The summed E-state index contributed by atoms with van der Waals surface area (Å²) in [6.07, 6.45) is 2.90. The van der Waals surface area contributed by atoms with E-state index < -0.39 is 0 Å². The first-order valence-electron chi connectivity index (χ1n) is 6.20. The number of hydrogen-bond donors (Lipinski definition) is 0. The summed E-state index contributed by atoms with van der Waals surface area (Å²) in [6, 6.07) is 4.47. The summed E-state index contributed by atoms with van der Waals surface area (Å²) in [5.41, 5.74) is 2.44. The van der Waals surface area contributed by atoms with Crippen LogP contribution >= 0.6 is 0 Å². The summed E-state index contributed by atoms with van der Waals surface area (Å²) in [5, 5.41) is 0. The van der Waals surface area contributed by atoms with Crippen molar-refractivity contribution in [3.8, 4) is 11.5 Å². The number of aliphatic imine (C=N–C) groups is 1. The maximum Gasteiger partial charge on any atom is 0.161 e. The van der Waals surface area contributed by atoms with E-state index >= 15 is 0 Å². The lowest BCUT2D eigenvalue weighted by Crippen LogP contribution is -2.12. The molecule has 1 aliphatic rings. The molecular formula is C14H19NO2. The van der Waals surface area contributed by atoms with Crippen LogP contribution in [0, 0.1) is 0 Å².